The number of rotatable bonds is 2. The minimum Gasteiger partial charge on any atom is -0.480 e. The van der Waals surface area contributed by atoms with Gasteiger partial charge in [-0.05, 0) is 17.7 Å². The van der Waals surface area contributed by atoms with E-state index in [-0.39, 0.29) is 5.37 Å². The van der Waals surface area contributed by atoms with Gasteiger partial charge in [0.2, 0.25) is 0 Å². The van der Waals surface area contributed by atoms with Crippen molar-refractivity contribution >= 4 is 17.7 Å². The monoisotopic (exact) mass is 234 g/mol. The summed E-state index contributed by atoms with van der Waals surface area (Å²) in [5.74, 6) is -0.247. The molecule has 2 rings (SSSR count). The smallest absolute Gasteiger partial charge is 0.321 e. The lowest BCUT2D eigenvalue weighted by Crippen LogP contribution is -2.33. The van der Waals surface area contributed by atoms with Crippen LogP contribution < -0.4 is 5.32 Å². The molecule has 0 aromatic heterocycles. The minimum absolute atomic E-state index is 0.00819. The van der Waals surface area contributed by atoms with Gasteiger partial charge in [0.05, 0.1) is 17.0 Å². The van der Waals surface area contributed by atoms with E-state index in [9.17, 15) is 4.79 Å². The summed E-state index contributed by atoms with van der Waals surface area (Å²) >= 11 is 1.57. The van der Waals surface area contributed by atoms with E-state index in [1.165, 1.54) is 0 Å². The minimum atomic E-state index is -0.816. The van der Waals surface area contributed by atoms with Crippen LogP contribution >= 0.6 is 11.8 Å². The molecular weight excluding hydrogens is 224 g/mol. The summed E-state index contributed by atoms with van der Waals surface area (Å²) in [6, 6.07) is 8.76. The number of nitriles is 1. The second-order valence-corrected chi connectivity index (χ2v) is 4.64. The average molecular weight is 234 g/mol. The molecule has 5 heteroatoms. The highest BCUT2D eigenvalue weighted by Crippen LogP contribution is 2.32. The maximum absolute atomic E-state index is 10.8. The van der Waals surface area contributed by atoms with E-state index in [0.29, 0.717) is 11.3 Å². The molecule has 1 aliphatic heterocycles. The Morgan fingerprint density at radius 1 is 1.50 bits per heavy atom. The van der Waals surface area contributed by atoms with E-state index in [1.54, 1.807) is 23.9 Å². The van der Waals surface area contributed by atoms with Gasteiger partial charge in [-0.25, -0.2) is 0 Å². The van der Waals surface area contributed by atoms with Gasteiger partial charge in [-0.15, -0.1) is 11.8 Å². The Bertz CT molecular complexity index is 438. The maximum atomic E-state index is 10.8. The highest BCUT2D eigenvalue weighted by atomic mass is 32.2. The third-order valence-electron chi connectivity index (χ3n) is 2.42. The Labute approximate surface area is 97.3 Å². The van der Waals surface area contributed by atoms with E-state index < -0.39 is 12.0 Å². The second kappa shape index (κ2) is 4.56. The molecule has 1 aromatic carbocycles. The zero-order valence-corrected chi connectivity index (χ0v) is 9.20. The number of carboxylic acid groups (broad SMARTS) is 1. The van der Waals surface area contributed by atoms with Crippen LogP contribution in [0.4, 0.5) is 0 Å². The summed E-state index contributed by atoms with van der Waals surface area (Å²) in [5, 5.41) is 20.5. The van der Waals surface area contributed by atoms with E-state index in [1.807, 2.05) is 12.1 Å². The van der Waals surface area contributed by atoms with Crippen molar-refractivity contribution in [3.63, 3.8) is 0 Å². The molecule has 0 aliphatic carbocycles. The number of hydrogen-bond acceptors (Lipinski definition) is 4. The van der Waals surface area contributed by atoms with Crippen molar-refractivity contribution in [3.8, 4) is 6.07 Å². The van der Waals surface area contributed by atoms with Gasteiger partial charge in [0, 0.05) is 5.75 Å². The number of aliphatic carboxylic acids is 1. The third-order valence-corrected chi connectivity index (χ3v) is 3.69. The molecule has 4 nitrogen and oxygen atoms in total. The van der Waals surface area contributed by atoms with E-state index in [0.717, 1.165) is 5.56 Å². The third kappa shape index (κ3) is 2.18. The molecule has 0 radical (unpaired) electrons. The predicted molar refractivity (Wildman–Crippen MR) is 60.9 cm³/mol. The summed E-state index contributed by atoms with van der Waals surface area (Å²) in [6.07, 6.45) is 0. The molecule has 82 valence electrons. The van der Waals surface area contributed by atoms with Crippen molar-refractivity contribution in [1.29, 1.82) is 5.26 Å². The van der Waals surface area contributed by atoms with Crippen LogP contribution in [0, 0.1) is 11.3 Å². The van der Waals surface area contributed by atoms with E-state index in [2.05, 4.69) is 11.4 Å². The number of nitrogens with zero attached hydrogens (tertiary/aromatic N) is 1. The van der Waals surface area contributed by atoms with Crippen molar-refractivity contribution < 1.29 is 9.90 Å². The SMILES string of the molecule is N#Cc1ccc([C@@H]2N[C@H](C(=O)O)CS2)cc1. The highest BCUT2D eigenvalue weighted by Gasteiger charge is 2.30. The summed E-state index contributed by atoms with van der Waals surface area (Å²) in [6.45, 7) is 0. The van der Waals surface area contributed by atoms with Gasteiger partial charge < -0.3 is 5.11 Å². The van der Waals surface area contributed by atoms with Gasteiger partial charge in [-0.2, -0.15) is 5.26 Å². The van der Waals surface area contributed by atoms with Crippen LogP contribution in [0.25, 0.3) is 0 Å². The Hall–Kier alpha value is -1.51. The molecular formula is C11H10N2O2S. The summed E-state index contributed by atoms with van der Waals surface area (Å²) in [4.78, 5) is 10.8. The van der Waals surface area contributed by atoms with Gasteiger partial charge in [0.1, 0.15) is 6.04 Å². The van der Waals surface area contributed by atoms with Crippen molar-refractivity contribution in [1.82, 2.24) is 5.32 Å². The largest absolute Gasteiger partial charge is 0.480 e. The Morgan fingerprint density at radius 2 is 2.19 bits per heavy atom. The van der Waals surface area contributed by atoms with Gasteiger partial charge >= 0.3 is 5.97 Å². The molecule has 16 heavy (non-hydrogen) atoms. The summed E-state index contributed by atoms with van der Waals surface area (Å²) in [7, 11) is 0. The van der Waals surface area contributed by atoms with Gasteiger partial charge in [0.25, 0.3) is 0 Å². The molecule has 1 aliphatic rings. The van der Waals surface area contributed by atoms with Gasteiger partial charge in [-0.3, -0.25) is 10.1 Å². The normalized spacial score (nSPS) is 23.9. The van der Waals surface area contributed by atoms with Crippen LogP contribution in [0.15, 0.2) is 24.3 Å². The van der Waals surface area contributed by atoms with Crippen LogP contribution in [-0.4, -0.2) is 22.9 Å². The average Bonchev–Trinajstić information content (AvgIpc) is 2.78. The lowest BCUT2D eigenvalue weighted by atomic mass is 10.1. The number of hydrogen-bond donors (Lipinski definition) is 2. The molecule has 2 atom stereocenters. The first-order chi connectivity index (χ1) is 7.70. The fourth-order valence-electron chi connectivity index (χ4n) is 1.54. The summed E-state index contributed by atoms with van der Waals surface area (Å²) in [5.41, 5.74) is 1.62. The molecule has 1 fully saturated rings. The van der Waals surface area contributed by atoms with Crippen LogP contribution in [0.1, 0.15) is 16.5 Å². The first kappa shape index (κ1) is 11.0. The Balaban J connectivity index is 2.09. The van der Waals surface area contributed by atoms with E-state index in [4.69, 9.17) is 10.4 Å². The number of benzene rings is 1. The first-order valence-corrected chi connectivity index (χ1v) is 5.86. The topological polar surface area (TPSA) is 73.1 Å². The quantitative estimate of drug-likeness (QED) is 0.808. The Kier molecular flexibility index (Phi) is 3.13. The fraction of sp³-hybridized carbons (Fsp3) is 0.273. The molecule has 2 N–H and O–H groups in total. The standard InChI is InChI=1S/C11H10N2O2S/c12-5-7-1-3-8(4-2-7)10-13-9(6-16-10)11(14)15/h1-4,9-10,13H,6H2,(H,14,15)/t9-,10+/m0/s1. The number of carboxylic acids is 1. The number of carbonyl (C=O) groups is 1. The highest BCUT2D eigenvalue weighted by molar-refractivity contribution is 7.99. The number of nitrogens with one attached hydrogen (secondary N) is 1. The van der Waals surface area contributed by atoms with Crippen molar-refractivity contribution in [2.75, 3.05) is 5.75 Å². The Morgan fingerprint density at radius 3 is 2.69 bits per heavy atom. The number of thioether (sulfide) groups is 1. The molecule has 0 saturated carbocycles. The van der Waals surface area contributed by atoms with Crippen LogP contribution in [0.2, 0.25) is 0 Å². The van der Waals surface area contributed by atoms with Crippen LogP contribution in [0.5, 0.6) is 0 Å². The van der Waals surface area contributed by atoms with Crippen molar-refractivity contribution in [3.05, 3.63) is 35.4 Å². The van der Waals surface area contributed by atoms with Crippen molar-refractivity contribution in [2.45, 2.75) is 11.4 Å². The molecule has 0 amide bonds. The molecule has 0 unspecified atom stereocenters. The second-order valence-electron chi connectivity index (χ2n) is 3.50. The maximum Gasteiger partial charge on any atom is 0.321 e. The molecule has 0 spiro atoms. The summed E-state index contributed by atoms with van der Waals surface area (Å²) < 4.78 is 0. The zero-order valence-electron chi connectivity index (χ0n) is 8.38. The van der Waals surface area contributed by atoms with Gasteiger partial charge in [0.15, 0.2) is 0 Å². The zero-order chi connectivity index (χ0) is 11.5. The molecule has 1 aromatic rings. The first-order valence-electron chi connectivity index (χ1n) is 4.81. The van der Waals surface area contributed by atoms with E-state index >= 15 is 0 Å². The fourth-order valence-corrected chi connectivity index (χ4v) is 2.77. The lowest BCUT2D eigenvalue weighted by Gasteiger charge is -2.10. The molecule has 1 saturated heterocycles. The lowest BCUT2D eigenvalue weighted by molar-refractivity contribution is -0.138. The van der Waals surface area contributed by atoms with Crippen LogP contribution in [0.3, 0.4) is 0 Å². The van der Waals surface area contributed by atoms with Gasteiger partial charge in [-0.1, -0.05) is 12.1 Å². The van der Waals surface area contributed by atoms with Crippen molar-refractivity contribution in [2.24, 2.45) is 0 Å². The molecule has 0 bridgehead atoms. The van der Waals surface area contributed by atoms with Crippen LogP contribution in [-0.2, 0) is 4.79 Å². The predicted octanol–water partition coefficient (Wildman–Crippen LogP) is 1.35. The molecule has 1 heterocycles.